The number of oxazole rings is 1. The van der Waals surface area contributed by atoms with Crippen LogP contribution in [-0.4, -0.2) is 36.4 Å². The Hall–Kier alpha value is -1.36. The fourth-order valence-electron chi connectivity index (χ4n) is 1.75. The lowest BCUT2D eigenvalue weighted by Crippen LogP contribution is -2.20. The molecule has 1 aromatic heterocycles. The summed E-state index contributed by atoms with van der Waals surface area (Å²) >= 11 is 0. The minimum Gasteiger partial charge on any atom is -0.437 e. The zero-order valence-corrected chi connectivity index (χ0v) is 11.0. The predicted molar refractivity (Wildman–Crippen MR) is 65.9 cm³/mol. The number of hydrogen-bond acceptors (Lipinski definition) is 4. The minimum atomic E-state index is -0.259. The number of aromatic nitrogens is 1. The summed E-state index contributed by atoms with van der Waals surface area (Å²) in [7, 11) is 3.62. The molecule has 0 radical (unpaired) electrons. The molecule has 1 aliphatic heterocycles. The molecule has 0 bridgehead atoms. The van der Waals surface area contributed by atoms with Crippen molar-refractivity contribution in [3.05, 3.63) is 17.3 Å². The van der Waals surface area contributed by atoms with Crippen LogP contribution in [0.15, 0.2) is 4.42 Å². The molecule has 0 spiro atoms. The van der Waals surface area contributed by atoms with Crippen molar-refractivity contribution < 1.29 is 9.21 Å². The summed E-state index contributed by atoms with van der Waals surface area (Å²) < 4.78 is 5.44. The van der Waals surface area contributed by atoms with Gasteiger partial charge < -0.3 is 14.6 Å². The maximum atomic E-state index is 11.3. The lowest BCUT2D eigenvalue weighted by atomic mass is 10.2. The molecule has 5 heteroatoms. The van der Waals surface area contributed by atoms with Crippen molar-refractivity contribution in [2.45, 2.75) is 33.2 Å². The average molecular weight is 239 g/mol. The van der Waals surface area contributed by atoms with Gasteiger partial charge >= 0.3 is 5.91 Å². The molecule has 5 nitrogen and oxygen atoms in total. The molecule has 0 unspecified atom stereocenters. The smallest absolute Gasteiger partial charge is 0.306 e. The Balaban J connectivity index is 0.000000686. The van der Waals surface area contributed by atoms with Gasteiger partial charge in [0.15, 0.2) is 0 Å². The van der Waals surface area contributed by atoms with E-state index in [1.807, 2.05) is 20.9 Å². The maximum absolute atomic E-state index is 11.3. The Morgan fingerprint density at radius 1 is 1.47 bits per heavy atom. The van der Waals surface area contributed by atoms with Crippen LogP contribution in [0.2, 0.25) is 0 Å². The molecule has 1 aliphatic rings. The molecule has 2 rings (SSSR count). The van der Waals surface area contributed by atoms with Crippen molar-refractivity contribution >= 4 is 5.91 Å². The second-order valence-electron chi connectivity index (χ2n) is 3.81. The summed E-state index contributed by atoms with van der Waals surface area (Å²) in [5, 5.41) is 2.51. The van der Waals surface area contributed by atoms with Gasteiger partial charge in [0.05, 0.1) is 5.69 Å². The fourth-order valence-corrected chi connectivity index (χ4v) is 1.75. The molecule has 1 N–H and O–H groups in total. The SMILES string of the molecule is CC.CNC(=O)c1nc2c(o1)CCCN(C)C2. The minimum absolute atomic E-state index is 0.179. The van der Waals surface area contributed by atoms with Gasteiger partial charge in [-0.1, -0.05) is 13.8 Å². The van der Waals surface area contributed by atoms with Crippen LogP contribution in [0.5, 0.6) is 0 Å². The number of carbonyl (C=O) groups is 1. The first-order valence-electron chi connectivity index (χ1n) is 6.10. The monoisotopic (exact) mass is 239 g/mol. The number of hydrogen-bond donors (Lipinski definition) is 1. The maximum Gasteiger partial charge on any atom is 0.306 e. The standard InChI is InChI=1S/C10H15N3O2.C2H6/c1-11-9(14)10-12-7-6-13(2)5-3-4-8(7)15-10;1-2/h3-6H2,1-2H3,(H,11,14);1-2H3. The Morgan fingerprint density at radius 3 is 2.82 bits per heavy atom. The van der Waals surface area contributed by atoms with Crippen LogP contribution in [0.25, 0.3) is 0 Å². The van der Waals surface area contributed by atoms with Crippen LogP contribution >= 0.6 is 0 Å². The van der Waals surface area contributed by atoms with Crippen LogP contribution in [0.4, 0.5) is 0 Å². The second kappa shape index (κ2) is 6.39. The molecule has 1 amide bonds. The first kappa shape index (κ1) is 13.7. The highest BCUT2D eigenvalue weighted by Crippen LogP contribution is 2.18. The molecule has 1 aromatic rings. The predicted octanol–water partition coefficient (Wildman–Crippen LogP) is 1.44. The van der Waals surface area contributed by atoms with Gasteiger partial charge in [0.25, 0.3) is 5.89 Å². The second-order valence-corrected chi connectivity index (χ2v) is 3.81. The molecule has 0 fully saturated rings. The summed E-state index contributed by atoms with van der Waals surface area (Å²) in [5.41, 5.74) is 0.897. The fraction of sp³-hybridized carbons (Fsp3) is 0.667. The van der Waals surface area contributed by atoms with E-state index < -0.39 is 0 Å². The Labute approximate surface area is 102 Å². The van der Waals surface area contributed by atoms with Crippen molar-refractivity contribution in [3.8, 4) is 0 Å². The number of rotatable bonds is 1. The van der Waals surface area contributed by atoms with Gasteiger partial charge in [-0.25, -0.2) is 4.98 Å². The zero-order chi connectivity index (χ0) is 12.8. The number of nitrogens with one attached hydrogen (secondary N) is 1. The van der Waals surface area contributed by atoms with Crippen LogP contribution in [-0.2, 0) is 13.0 Å². The molecule has 0 saturated carbocycles. The topological polar surface area (TPSA) is 58.4 Å². The summed E-state index contributed by atoms with van der Waals surface area (Å²) in [6.07, 6.45) is 1.91. The third kappa shape index (κ3) is 3.30. The van der Waals surface area contributed by atoms with Crippen molar-refractivity contribution in [1.29, 1.82) is 0 Å². The van der Waals surface area contributed by atoms with E-state index in [1.54, 1.807) is 7.05 Å². The molecule has 0 aliphatic carbocycles. The zero-order valence-electron chi connectivity index (χ0n) is 11.0. The molecule has 0 saturated heterocycles. The summed E-state index contributed by atoms with van der Waals surface area (Å²) in [4.78, 5) is 17.7. The summed E-state index contributed by atoms with van der Waals surface area (Å²) in [6.45, 7) is 5.80. The van der Waals surface area contributed by atoms with Gasteiger partial charge in [-0.3, -0.25) is 4.79 Å². The summed E-state index contributed by atoms with van der Waals surface area (Å²) in [6, 6.07) is 0. The first-order valence-corrected chi connectivity index (χ1v) is 6.10. The Bertz CT molecular complexity index is 374. The van der Waals surface area contributed by atoms with E-state index in [0.29, 0.717) is 0 Å². The largest absolute Gasteiger partial charge is 0.437 e. The number of carbonyl (C=O) groups excluding carboxylic acids is 1. The van der Waals surface area contributed by atoms with Crippen molar-refractivity contribution in [3.63, 3.8) is 0 Å². The molecule has 17 heavy (non-hydrogen) atoms. The van der Waals surface area contributed by atoms with Gasteiger partial charge in [-0.15, -0.1) is 0 Å². The Morgan fingerprint density at radius 2 is 2.18 bits per heavy atom. The molecule has 0 aromatic carbocycles. The number of nitrogens with zero attached hydrogens (tertiary/aromatic N) is 2. The molecule has 0 atom stereocenters. The number of fused-ring (bicyclic) bond motifs is 1. The van der Waals surface area contributed by atoms with Crippen LogP contribution in [0, 0.1) is 0 Å². The van der Waals surface area contributed by atoms with E-state index in [0.717, 1.165) is 37.4 Å². The highest BCUT2D eigenvalue weighted by Gasteiger charge is 2.20. The molecular formula is C12H21N3O2. The van der Waals surface area contributed by atoms with Crippen molar-refractivity contribution in [1.82, 2.24) is 15.2 Å². The van der Waals surface area contributed by atoms with E-state index >= 15 is 0 Å². The van der Waals surface area contributed by atoms with Crippen LogP contribution in [0.1, 0.15) is 42.4 Å². The van der Waals surface area contributed by atoms with Crippen LogP contribution in [0.3, 0.4) is 0 Å². The van der Waals surface area contributed by atoms with Crippen molar-refractivity contribution in [2.75, 3.05) is 20.6 Å². The molecular weight excluding hydrogens is 218 g/mol. The lowest BCUT2D eigenvalue weighted by Gasteiger charge is -2.10. The third-order valence-corrected chi connectivity index (χ3v) is 2.56. The van der Waals surface area contributed by atoms with E-state index in [9.17, 15) is 4.79 Å². The van der Waals surface area contributed by atoms with Crippen molar-refractivity contribution in [2.24, 2.45) is 0 Å². The molecule has 96 valence electrons. The quantitative estimate of drug-likeness (QED) is 0.805. The molecule has 2 heterocycles. The lowest BCUT2D eigenvalue weighted by molar-refractivity contribution is 0.0926. The van der Waals surface area contributed by atoms with Gasteiger partial charge in [0.2, 0.25) is 0 Å². The van der Waals surface area contributed by atoms with Gasteiger partial charge in [0.1, 0.15) is 5.76 Å². The summed E-state index contributed by atoms with van der Waals surface area (Å²) in [5.74, 6) is 0.779. The van der Waals surface area contributed by atoms with E-state index in [4.69, 9.17) is 4.42 Å². The third-order valence-electron chi connectivity index (χ3n) is 2.56. The van der Waals surface area contributed by atoms with E-state index in [2.05, 4.69) is 15.2 Å². The first-order chi connectivity index (χ1) is 8.20. The van der Waals surface area contributed by atoms with Crippen LogP contribution < -0.4 is 5.32 Å². The number of aryl methyl sites for hydroxylation is 1. The normalized spacial score (nSPS) is 15.3. The van der Waals surface area contributed by atoms with E-state index in [1.165, 1.54) is 0 Å². The highest BCUT2D eigenvalue weighted by atomic mass is 16.4. The van der Waals surface area contributed by atoms with Gasteiger partial charge in [0, 0.05) is 20.0 Å². The van der Waals surface area contributed by atoms with Gasteiger partial charge in [-0.2, -0.15) is 0 Å². The van der Waals surface area contributed by atoms with Gasteiger partial charge in [-0.05, 0) is 20.0 Å². The number of amides is 1. The van der Waals surface area contributed by atoms with E-state index in [-0.39, 0.29) is 11.8 Å². The highest BCUT2D eigenvalue weighted by molar-refractivity contribution is 5.89. The Kier molecular flexibility index (Phi) is 5.15. The average Bonchev–Trinajstić information content (AvgIpc) is 2.66.